The van der Waals surface area contributed by atoms with E-state index in [1.807, 2.05) is 41.0 Å². The maximum atomic E-state index is 12.6. The number of amides is 2. The first kappa shape index (κ1) is 16.8. The summed E-state index contributed by atoms with van der Waals surface area (Å²) in [5, 5.41) is 0. The average molecular weight is 331 g/mol. The maximum absolute atomic E-state index is 12.6. The van der Waals surface area contributed by atoms with Gasteiger partial charge >= 0.3 is 0 Å². The summed E-state index contributed by atoms with van der Waals surface area (Å²) < 4.78 is 5.23. The monoisotopic (exact) mass is 331 g/mol. The molecule has 2 saturated heterocycles. The van der Waals surface area contributed by atoms with Gasteiger partial charge < -0.3 is 14.5 Å². The van der Waals surface area contributed by atoms with Crippen molar-refractivity contribution in [1.29, 1.82) is 0 Å². The number of anilines is 1. The molecule has 2 amide bonds. The minimum absolute atomic E-state index is 0.0237. The fourth-order valence-electron chi connectivity index (χ4n) is 3.43. The van der Waals surface area contributed by atoms with Crippen molar-refractivity contribution in [3.63, 3.8) is 0 Å². The Hall–Kier alpha value is -2.08. The Balaban J connectivity index is 1.64. The average Bonchev–Trinajstić information content (AvgIpc) is 3.15. The number of ether oxygens (including phenoxy) is 1. The maximum Gasteiger partial charge on any atom is 0.241 e. The molecule has 2 aliphatic heterocycles. The van der Waals surface area contributed by atoms with Crippen LogP contribution in [-0.2, 0) is 9.59 Å². The third-order valence-electron chi connectivity index (χ3n) is 4.94. The van der Waals surface area contributed by atoms with Crippen LogP contribution in [0.4, 0.5) is 5.69 Å². The summed E-state index contributed by atoms with van der Waals surface area (Å²) in [6, 6.07) is 7.29. The van der Waals surface area contributed by atoms with Gasteiger partial charge in [-0.15, -0.1) is 0 Å². The molecule has 2 heterocycles. The molecule has 0 N–H and O–H groups in total. The fourth-order valence-corrected chi connectivity index (χ4v) is 3.43. The molecule has 0 unspecified atom stereocenters. The molecule has 0 aromatic heterocycles. The van der Waals surface area contributed by atoms with E-state index < -0.39 is 0 Å². The Morgan fingerprint density at radius 2 is 1.92 bits per heavy atom. The largest absolute Gasteiger partial charge is 0.497 e. The van der Waals surface area contributed by atoms with Crippen LogP contribution in [0.25, 0.3) is 0 Å². The van der Waals surface area contributed by atoms with Gasteiger partial charge in [0.1, 0.15) is 5.75 Å². The van der Waals surface area contributed by atoms with Crippen LogP contribution in [0.15, 0.2) is 24.3 Å². The van der Waals surface area contributed by atoms with Gasteiger partial charge in [0.15, 0.2) is 0 Å². The van der Waals surface area contributed by atoms with E-state index >= 15 is 0 Å². The lowest BCUT2D eigenvalue weighted by Gasteiger charge is -2.38. The Labute approximate surface area is 143 Å². The molecule has 0 spiro atoms. The number of benzene rings is 1. The summed E-state index contributed by atoms with van der Waals surface area (Å²) in [4.78, 5) is 30.8. The first-order valence-electron chi connectivity index (χ1n) is 8.57. The van der Waals surface area contributed by atoms with Gasteiger partial charge in [-0.05, 0) is 31.9 Å². The van der Waals surface area contributed by atoms with Crippen molar-refractivity contribution < 1.29 is 14.3 Å². The number of hydrogen-bond donors (Lipinski definition) is 0. The summed E-state index contributed by atoms with van der Waals surface area (Å²) in [6.07, 6.45) is 2.17. The lowest BCUT2D eigenvalue weighted by molar-refractivity contribution is -0.136. The van der Waals surface area contributed by atoms with Crippen LogP contribution in [-0.4, -0.2) is 67.5 Å². The standard InChI is InChI=1S/C18H25N3O3/c1-14(18(23)19-8-3-4-9-19)20-10-11-21(17(22)13-20)15-6-5-7-16(12-15)24-2/h5-7,12,14H,3-4,8-11,13H2,1-2H3/t14-/m0/s1. The zero-order valence-corrected chi connectivity index (χ0v) is 14.4. The van der Waals surface area contributed by atoms with E-state index in [9.17, 15) is 9.59 Å². The molecule has 0 saturated carbocycles. The molecule has 0 bridgehead atoms. The molecule has 0 radical (unpaired) electrons. The fraction of sp³-hybridized carbons (Fsp3) is 0.556. The van der Waals surface area contributed by atoms with Gasteiger partial charge in [-0.1, -0.05) is 6.07 Å². The second-order valence-corrected chi connectivity index (χ2v) is 6.43. The quantitative estimate of drug-likeness (QED) is 0.836. The highest BCUT2D eigenvalue weighted by Gasteiger charge is 2.33. The van der Waals surface area contributed by atoms with Crippen LogP contribution < -0.4 is 9.64 Å². The van der Waals surface area contributed by atoms with Crippen molar-refractivity contribution in [3.8, 4) is 5.75 Å². The van der Waals surface area contributed by atoms with Crippen LogP contribution in [0.1, 0.15) is 19.8 Å². The SMILES string of the molecule is COc1cccc(N2CCN([C@@H](C)C(=O)N3CCCC3)CC2=O)c1. The number of nitrogens with zero attached hydrogens (tertiary/aromatic N) is 3. The molecular weight excluding hydrogens is 306 g/mol. The van der Waals surface area contributed by atoms with E-state index in [4.69, 9.17) is 4.74 Å². The molecule has 1 aromatic carbocycles. The molecule has 24 heavy (non-hydrogen) atoms. The molecule has 130 valence electrons. The van der Waals surface area contributed by atoms with E-state index in [0.29, 0.717) is 13.1 Å². The zero-order chi connectivity index (χ0) is 17.1. The number of methoxy groups -OCH3 is 1. The van der Waals surface area contributed by atoms with E-state index in [1.54, 1.807) is 12.0 Å². The van der Waals surface area contributed by atoms with Crippen molar-refractivity contribution in [2.24, 2.45) is 0 Å². The lowest BCUT2D eigenvalue weighted by Crippen LogP contribution is -2.56. The first-order valence-corrected chi connectivity index (χ1v) is 8.57. The summed E-state index contributed by atoms with van der Waals surface area (Å²) in [7, 11) is 1.62. The summed E-state index contributed by atoms with van der Waals surface area (Å²) in [6.45, 7) is 5.17. The Morgan fingerprint density at radius 1 is 1.17 bits per heavy atom. The highest BCUT2D eigenvalue weighted by molar-refractivity contribution is 5.96. The van der Waals surface area contributed by atoms with E-state index in [2.05, 4.69) is 0 Å². The van der Waals surface area contributed by atoms with Gasteiger partial charge in [0.05, 0.1) is 19.7 Å². The van der Waals surface area contributed by atoms with Gasteiger partial charge in [-0.3, -0.25) is 14.5 Å². The molecule has 0 aliphatic carbocycles. The van der Waals surface area contributed by atoms with Crippen molar-refractivity contribution in [2.75, 3.05) is 44.7 Å². The second-order valence-electron chi connectivity index (χ2n) is 6.43. The molecule has 2 fully saturated rings. The molecule has 1 aromatic rings. The molecule has 2 aliphatic rings. The molecule has 6 nitrogen and oxygen atoms in total. The van der Waals surface area contributed by atoms with Crippen LogP contribution in [0.3, 0.4) is 0 Å². The normalized spacial score (nSPS) is 20.3. The topological polar surface area (TPSA) is 53.1 Å². The van der Waals surface area contributed by atoms with Crippen LogP contribution in [0.5, 0.6) is 5.75 Å². The zero-order valence-electron chi connectivity index (χ0n) is 14.4. The van der Waals surface area contributed by atoms with Crippen molar-refractivity contribution >= 4 is 17.5 Å². The summed E-state index contributed by atoms with van der Waals surface area (Å²) >= 11 is 0. The van der Waals surface area contributed by atoms with Gasteiger partial charge in [-0.25, -0.2) is 0 Å². The minimum atomic E-state index is -0.237. The van der Waals surface area contributed by atoms with Gasteiger partial charge in [-0.2, -0.15) is 0 Å². The Morgan fingerprint density at radius 3 is 2.58 bits per heavy atom. The molecule has 3 rings (SSSR count). The number of likely N-dealkylation sites (tertiary alicyclic amines) is 1. The summed E-state index contributed by atoms with van der Waals surface area (Å²) in [5.74, 6) is 0.908. The molecular formula is C18H25N3O3. The number of hydrogen-bond acceptors (Lipinski definition) is 4. The van der Waals surface area contributed by atoms with Crippen molar-refractivity contribution in [2.45, 2.75) is 25.8 Å². The lowest BCUT2D eigenvalue weighted by atomic mass is 10.1. The Kier molecular flexibility index (Phi) is 5.04. The van der Waals surface area contributed by atoms with E-state index in [-0.39, 0.29) is 24.4 Å². The second kappa shape index (κ2) is 7.21. The smallest absolute Gasteiger partial charge is 0.241 e. The highest BCUT2D eigenvalue weighted by Crippen LogP contribution is 2.23. The van der Waals surface area contributed by atoms with Crippen molar-refractivity contribution in [1.82, 2.24) is 9.80 Å². The first-order chi connectivity index (χ1) is 11.6. The number of piperazine rings is 1. The van der Waals surface area contributed by atoms with E-state index in [0.717, 1.165) is 37.4 Å². The van der Waals surface area contributed by atoms with Gasteiger partial charge in [0.2, 0.25) is 11.8 Å². The number of rotatable bonds is 4. The van der Waals surface area contributed by atoms with Crippen LogP contribution in [0, 0.1) is 0 Å². The predicted octanol–water partition coefficient (Wildman–Crippen LogP) is 1.35. The predicted molar refractivity (Wildman–Crippen MR) is 92.2 cm³/mol. The minimum Gasteiger partial charge on any atom is -0.497 e. The Bertz CT molecular complexity index is 613. The third kappa shape index (κ3) is 3.38. The van der Waals surface area contributed by atoms with Crippen LogP contribution in [0.2, 0.25) is 0 Å². The number of carbonyl (C=O) groups is 2. The number of carbonyl (C=O) groups excluding carboxylic acids is 2. The van der Waals surface area contributed by atoms with Gasteiger partial charge in [0.25, 0.3) is 0 Å². The molecule has 6 heteroatoms. The van der Waals surface area contributed by atoms with Crippen LogP contribution >= 0.6 is 0 Å². The third-order valence-corrected chi connectivity index (χ3v) is 4.94. The van der Waals surface area contributed by atoms with Crippen molar-refractivity contribution in [3.05, 3.63) is 24.3 Å². The van der Waals surface area contributed by atoms with Gasteiger partial charge in [0, 0.05) is 37.9 Å². The molecule has 1 atom stereocenters. The van der Waals surface area contributed by atoms with E-state index in [1.165, 1.54) is 0 Å². The highest BCUT2D eigenvalue weighted by atomic mass is 16.5. The summed E-state index contributed by atoms with van der Waals surface area (Å²) in [5.41, 5.74) is 0.845.